The second-order valence-electron chi connectivity index (χ2n) is 7.59. The summed E-state index contributed by atoms with van der Waals surface area (Å²) in [5, 5.41) is 13.8. The van der Waals surface area contributed by atoms with Gasteiger partial charge in [0.2, 0.25) is 0 Å². The van der Waals surface area contributed by atoms with Crippen molar-refractivity contribution in [1.82, 2.24) is 10.2 Å². The summed E-state index contributed by atoms with van der Waals surface area (Å²) in [6.07, 6.45) is 10.9. The van der Waals surface area contributed by atoms with Crippen molar-refractivity contribution < 1.29 is 5.11 Å². The molecule has 1 aliphatic carbocycles. The van der Waals surface area contributed by atoms with Gasteiger partial charge in [0.05, 0.1) is 5.60 Å². The molecule has 0 radical (unpaired) electrons. The zero-order valence-corrected chi connectivity index (χ0v) is 13.7. The Hall–Kier alpha value is -0.120. The van der Waals surface area contributed by atoms with E-state index >= 15 is 0 Å². The van der Waals surface area contributed by atoms with Crippen LogP contribution in [0.2, 0.25) is 0 Å². The SMILES string of the molecule is CC(NCC1(N2CCCCC2)CCCCC1)C(C)(C)O. The summed E-state index contributed by atoms with van der Waals surface area (Å²) >= 11 is 0. The summed E-state index contributed by atoms with van der Waals surface area (Å²) in [4.78, 5) is 2.76. The van der Waals surface area contributed by atoms with Gasteiger partial charge in [-0.15, -0.1) is 0 Å². The van der Waals surface area contributed by atoms with Crippen LogP contribution in [0.25, 0.3) is 0 Å². The lowest BCUT2D eigenvalue weighted by atomic mass is 9.78. The van der Waals surface area contributed by atoms with Crippen molar-refractivity contribution in [2.75, 3.05) is 19.6 Å². The third-order valence-electron chi connectivity index (χ3n) is 5.61. The molecule has 1 heterocycles. The zero-order chi connectivity index (χ0) is 14.6. The molecule has 3 heteroatoms. The summed E-state index contributed by atoms with van der Waals surface area (Å²) < 4.78 is 0. The number of nitrogens with zero attached hydrogens (tertiary/aromatic N) is 1. The zero-order valence-electron chi connectivity index (χ0n) is 13.7. The van der Waals surface area contributed by atoms with Gasteiger partial charge in [0, 0.05) is 18.1 Å². The fourth-order valence-corrected chi connectivity index (χ4v) is 3.78. The predicted octanol–water partition coefficient (Wildman–Crippen LogP) is 2.92. The summed E-state index contributed by atoms with van der Waals surface area (Å²) in [5.74, 6) is 0. The Balaban J connectivity index is 1.99. The molecule has 118 valence electrons. The van der Waals surface area contributed by atoms with E-state index in [-0.39, 0.29) is 6.04 Å². The first-order chi connectivity index (χ1) is 9.44. The predicted molar refractivity (Wildman–Crippen MR) is 85.0 cm³/mol. The average molecular weight is 282 g/mol. The van der Waals surface area contributed by atoms with Gasteiger partial charge in [0.25, 0.3) is 0 Å². The number of rotatable bonds is 5. The fraction of sp³-hybridized carbons (Fsp3) is 1.00. The van der Waals surface area contributed by atoms with Gasteiger partial charge in [-0.25, -0.2) is 0 Å². The molecule has 0 aromatic carbocycles. The van der Waals surface area contributed by atoms with Gasteiger partial charge in [0.15, 0.2) is 0 Å². The molecular weight excluding hydrogens is 248 g/mol. The third-order valence-corrected chi connectivity index (χ3v) is 5.61. The van der Waals surface area contributed by atoms with E-state index in [4.69, 9.17) is 0 Å². The molecule has 2 rings (SSSR count). The smallest absolute Gasteiger partial charge is 0.0741 e. The first-order valence-electron chi connectivity index (χ1n) is 8.65. The standard InChI is InChI=1S/C17H34N2O/c1-15(16(2,3)20)18-14-17(10-6-4-7-11-17)19-12-8-5-9-13-19/h15,18,20H,4-14H2,1-3H3. The Morgan fingerprint density at radius 2 is 1.60 bits per heavy atom. The van der Waals surface area contributed by atoms with Crippen molar-refractivity contribution in [3.05, 3.63) is 0 Å². The van der Waals surface area contributed by atoms with Gasteiger partial charge in [-0.3, -0.25) is 4.90 Å². The van der Waals surface area contributed by atoms with Crippen LogP contribution in [-0.4, -0.2) is 46.8 Å². The van der Waals surface area contributed by atoms with Crippen molar-refractivity contribution in [3.63, 3.8) is 0 Å². The monoisotopic (exact) mass is 282 g/mol. The molecule has 0 spiro atoms. The first-order valence-corrected chi connectivity index (χ1v) is 8.65. The number of nitrogens with one attached hydrogen (secondary N) is 1. The molecule has 20 heavy (non-hydrogen) atoms. The van der Waals surface area contributed by atoms with Crippen molar-refractivity contribution in [2.45, 2.75) is 89.3 Å². The van der Waals surface area contributed by atoms with Crippen molar-refractivity contribution in [3.8, 4) is 0 Å². The molecular formula is C17H34N2O. The lowest BCUT2D eigenvalue weighted by Crippen LogP contribution is -2.60. The molecule has 0 aromatic heterocycles. The second kappa shape index (κ2) is 6.76. The van der Waals surface area contributed by atoms with Crippen LogP contribution in [-0.2, 0) is 0 Å². The Morgan fingerprint density at radius 1 is 1.05 bits per heavy atom. The Bertz CT molecular complexity index is 286. The lowest BCUT2D eigenvalue weighted by molar-refractivity contribution is 0.00986. The van der Waals surface area contributed by atoms with Crippen LogP contribution in [0, 0.1) is 0 Å². The van der Waals surface area contributed by atoms with E-state index in [1.165, 1.54) is 64.5 Å². The highest BCUT2D eigenvalue weighted by Crippen LogP contribution is 2.35. The molecule has 2 fully saturated rings. The molecule has 2 aliphatic rings. The minimum atomic E-state index is -0.641. The van der Waals surface area contributed by atoms with Crippen LogP contribution >= 0.6 is 0 Å². The van der Waals surface area contributed by atoms with Gasteiger partial charge >= 0.3 is 0 Å². The highest BCUT2D eigenvalue weighted by atomic mass is 16.3. The Morgan fingerprint density at radius 3 is 2.15 bits per heavy atom. The van der Waals surface area contributed by atoms with Crippen molar-refractivity contribution >= 4 is 0 Å². The summed E-state index contributed by atoms with van der Waals surface area (Å²) in [5.41, 5.74) is -0.282. The van der Waals surface area contributed by atoms with E-state index < -0.39 is 5.60 Å². The fourth-order valence-electron chi connectivity index (χ4n) is 3.78. The van der Waals surface area contributed by atoms with Crippen LogP contribution in [0.3, 0.4) is 0 Å². The maximum atomic E-state index is 10.1. The Kier molecular flexibility index (Phi) is 5.49. The van der Waals surface area contributed by atoms with Crippen molar-refractivity contribution in [1.29, 1.82) is 0 Å². The van der Waals surface area contributed by atoms with E-state index in [1.54, 1.807) is 0 Å². The molecule has 1 atom stereocenters. The van der Waals surface area contributed by atoms with Gasteiger partial charge < -0.3 is 10.4 Å². The number of likely N-dealkylation sites (tertiary alicyclic amines) is 1. The summed E-state index contributed by atoms with van der Waals surface area (Å²) in [6, 6.07) is 0.145. The third kappa shape index (κ3) is 3.96. The highest BCUT2D eigenvalue weighted by molar-refractivity contribution is 4.97. The van der Waals surface area contributed by atoms with Gasteiger partial charge in [-0.2, -0.15) is 0 Å². The Labute approximate surface area is 125 Å². The summed E-state index contributed by atoms with van der Waals surface area (Å²) in [7, 11) is 0. The maximum Gasteiger partial charge on any atom is 0.0741 e. The normalized spacial score (nSPS) is 26.4. The van der Waals surface area contributed by atoms with Crippen LogP contribution < -0.4 is 5.32 Å². The van der Waals surface area contributed by atoms with Crippen LogP contribution in [0.4, 0.5) is 0 Å². The maximum absolute atomic E-state index is 10.1. The van der Waals surface area contributed by atoms with Gasteiger partial charge in [0.1, 0.15) is 0 Å². The molecule has 3 nitrogen and oxygen atoms in total. The number of aliphatic hydroxyl groups is 1. The van der Waals surface area contributed by atoms with E-state index in [0.717, 1.165) is 6.54 Å². The van der Waals surface area contributed by atoms with Crippen molar-refractivity contribution in [2.24, 2.45) is 0 Å². The molecule has 1 saturated carbocycles. The average Bonchev–Trinajstić information content (AvgIpc) is 2.45. The number of hydrogen-bond donors (Lipinski definition) is 2. The van der Waals surface area contributed by atoms with E-state index in [9.17, 15) is 5.11 Å². The lowest BCUT2D eigenvalue weighted by Gasteiger charge is -2.49. The summed E-state index contributed by atoms with van der Waals surface area (Å²) in [6.45, 7) is 9.50. The van der Waals surface area contributed by atoms with E-state index in [2.05, 4.69) is 17.1 Å². The van der Waals surface area contributed by atoms with Crippen LogP contribution in [0.15, 0.2) is 0 Å². The minimum absolute atomic E-state index is 0.145. The minimum Gasteiger partial charge on any atom is -0.389 e. The highest BCUT2D eigenvalue weighted by Gasteiger charge is 2.39. The van der Waals surface area contributed by atoms with Gasteiger partial charge in [-0.1, -0.05) is 25.7 Å². The molecule has 1 unspecified atom stereocenters. The van der Waals surface area contributed by atoms with Gasteiger partial charge in [-0.05, 0) is 59.5 Å². The molecule has 2 N–H and O–H groups in total. The van der Waals surface area contributed by atoms with E-state index in [0.29, 0.717) is 5.54 Å². The molecule has 1 aliphatic heterocycles. The molecule has 1 saturated heterocycles. The largest absolute Gasteiger partial charge is 0.389 e. The quantitative estimate of drug-likeness (QED) is 0.814. The number of piperidine rings is 1. The molecule has 0 bridgehead atoms. The molecule has 0 aromatic rings. The number of hydrogen-bond acceptors (Lipinski definition) is 3. The van der Waals surface area contributed by atoms with Crippen LogP contribution in [0.5, 0.6) is 0 Å². The van der Waals surface area contributed by atoms with Crippen LogP contribution in [0.1, 0.15) is 72.1 Å². The first kappa shape index (κ1) is 16.3. The topological polar surface area (TPSA) is 35.5 Å². The molecule has 0 amide bonds. The second-order valence-corrected chi connectivity index (χ2v) is 7.59. The van der Waals surface area contributed by atoms with E-state index in [1.807, 2.05) is 13.8 Å².